The number of hydrogen-bond acceptors (Lipinski definition) is 3. The zero-order valence-corrected chi connectivity index (χ0v) is 12.0. The molecule has 0 heterocycles. The van der Waals surface area contributed by atoms with Gasteiger partial charge in [0.05, 0.1) is 25.2 Å². The maximum Gasteiger partial charge on any atom is 0.305 e. The van der Waals surface area contributed by atoms with Gasteiger partial charge >= 0.3 is 5.97 Å². The van der Waals surface area contributed by atoms with Gasteiger partial charge in [0, 0.05) is 6.42 Å². The summed E-state index contributed by atoms with van der Waals surface area (Å²) in [6.07, 6.45) is 2.13. The number of hydrogen-bond donors (Lipinski definition) is 2. The number of aliphatic carboxylic acids is 1. The van der Waals surface area contributed by atoms with Gasteiger partial charge in [0.25, 0.3) is 0 Å². The van der Waals surface area contributed by atoms with E-state index in [4.69, 9.17) is 9.84 Å². The first-order valence-electron chi connectivity index (χ1n) is 7.17. The van der Waals surface area contributed by atoms with Gasteiger partial charge < -0.3 is 14.9 Å². The molecule has 0 spiro atoms. The first kappa shape index (κ1) is 16.7. The van der Waals surface area contributed by atoms with Crippen LogP contribution in [0.3, 0.4) is 0 Å². The third kappa shape index (κ3) is 7.26. The third-order valence-corrected chi connectivity index (χ3v) is 3.15. The second-order valence-corrected chi connectivity index (χ2v) is 5.05. The molecule has 2 N–H and O–H groups in total. The molecule has 112 valence electrons. The summed E-state index contributed by atoms with van der Waals surface area (Å²) in [5.41, 5.74) is 1.08. The SMILES string of the molecule is CCCC[C@@H](C[C@H](O)CC(=O)O)OCc1ccccc1. The Balaban J connectivity index is 2.44. The van der Waals surface area contributed by atoms with Gasteiger partial charge in [-0.05, 0) is 12.0 Å². The highest BCUT2D eigenvalue weighted by molar-refractivity contribution is 5.67. The Bertz CT molecular complexity index is 377. The van der Waals surface area contributed by atoms with Crippen molar-refractivity contribution in [2.24, 2.45) is 0 Å². The normalized spacial score (nSPS) is 13.9. The van der Waals surface area contributed by atoms with Crippen molar-refractivity contribution in [2.75, 3.05) is 0 Å². The van der Waals surface area contributed by atoms with E-state index in [1.165, 1.54) is 0 Å². The number of carbonyl (C=O) groups is 1. The summed E-state index contributed by atoms with van der Waals surface area (Å²) in [5.74, 6) is -0.977. The van der Waals surface area contributed by atoms with E-state index in [2.05, 4.69) is 6.92 Å². The van der Waals surface area contributed by atoms with Gasteiger partial charge in [-0.2, -0.15) is 0 Å². The molecule has 0 aliphatic heterocycles. The molecular weight excluding hydrogens is 256 g/mol. The van der Waals surface area contributed by atoms with E-state index in [9.17, 15) is 9.90 Å². The molecule has 1 aromatic rings. The van der Waals surface area contributed by atoms with Gasteiger partial charge in [0.1, 0.15) is 0 Å². The van der Waals surface area contributed by atoms with Crippen LogP contribution in [-0.4, -0.2) is 28.4 Å². The lowest BCUT2D eigenvalue weighted by Crippen LogP contribution is -2.23. The molecule has 4 heteroatoms. The van der Waals surface area contributed by atoms with Crippen LogP contribution < -0.4 is 0 Å². The van der Waals surface area contributed by atoms with E-state index in [0.717, 1.165) is 24.8 Å². The Hall–Kier alpha value is -1.39. The number of carboxylic acid groups (broad SMARTS) is 1. The molecule has 0 radical (unpaired) electrons. The van der Waals surface area contributed by atoms with Crippen LogP contribution in [-0.2, 0) is 16.1 Å². The molecule has 0 saturated heterocycles. The van der Waals surface area contributed by atoms with Crippen LogP contribution in [0.15, 0.2) is 30.3 Å². The Morgan fingerprint density at radius 1 is 1.30 bits per heavy atom. The van der Waals surface area contributed by atoms with Gasteiger partial charge in [-0.15, -0.1) is 0 Å². The highest BCUT2D eigenvalue weighted by Gasteiger charge is 2.17. The smallest absolute Gasteiger partial charge is 0.305 e. The quantitative estimate of drug-likeness (QED) is 0.691. The van der Waals surface area contributed by atoms with Crippen molar-refractivity contribution in [2.45, 2.75) is 57.8 Å². The minimum atomic E-state index is -0.977. The number of aliphatic hydroxyl groups excluding tert-OH is 1. The molecule has 20 heavy (non-hydrogen) atoms. The third-order valence-electron chi connectivity index (χ3n) is 3.15. The van der Waals surface area contributed by atoms with E-state index < -0.39 is 12.1 Å². The van der Waals surface area contributed by atoms with Crippen LogP contribution in [0.1, 0.15) is 44.6 Å². The lowest BCUT2D eigenvalue weighted by Gasteiger charge is -2.20. The first-order chi connectivity index (χ1) is 9.61. The van der Waals surface area contributed by atoms with Crippen LogP contribution in [0.25, 0.3) is 0 Å². The number of aliphatic hydroxyl groups is 1. The molecule has 0 amide bonds. The summed E-state index contributed by atoms with van der Waals surface area (Å²) >= 11 is 0. The maximum absolute atomic E-state index is 10.6. The molecule has 0 aliphatic carbocycles. The van der Waals surface area contributed by atoms with E-state index in [0.29, 0.717) is 13.0 Å². The molecule has 0 aliphatic rings. The number of benzene rings is 1. The summed E-state index contributed by atoms with van der Waals surface area (Å²) in [6, 6.07) is 9.85. The van der Waals surface area contributed by atoms with Crippen molar-refractivity contribution in [3.05, 3.63) is 35.9 Å². The molecule has 0 aromatic heterocycles. The summed E-state index contributed by atoms with van der Waals surface area (Å²) in [7, 11) is 0. The predicted octanol–water partition coefficient (Wildman–Crippen LogP) is 2.99. The average molecular weight is 280 g/mol. The summed E-state index contributed by atoms with van der Waals surface area (Å²) in [4.78, 5) is 10.6. The lowest BCUT2D eigenvalue weighted by molar-refractivity contribution is -0.139. The highest BCUT2D eigenvalue weighted by atomic mass is 16.5. The van der Waals surface area contributed by atoms with Crippen LogP contribution in [0.2, 0.25) is 0 Å². The van der Waals surface area contributed by atoms with Gasteiger partial charge in [0.2, 0.25) is 0 Å². The molecule has 0 fully saturated rings. The van der Waals surface area contributed by atoms with E-state index in [1.807, 2.05) is 30.3 Å². The van der Waals surface area contributed by atoms with Crippen LogP contribution in [0.4, 0.5) is 0 Å². The van der Waals surface area contributed by atoms with Gasteiger partial charge in [-0.1, -0.05) is 50.1 Å². The number of ether oxygens (including phenoxy) is 1. The van der Waals surface area contributed by atoms with Gasteiger partial charge in [-0.3, -0.25) is 4.79 Å². The largest absolute Gasteiger partial charge is 0.481 e. The molecule has 1 aromatic carbocycles. The molecule has 0 saturated carbocycles. The van der Waals surface area contributed by atoms with Crippen molar-refractivity contribution in [1.82, 2.24) is 0 Å². The topological polar surface area (TPSA) is 66.8 Å². The lowest BCUT2D eigenvalue weighted by atomic mass is 10.0. The Labute approximate surface area is 120 Å². The summed E-state index contributed by atoms with van der Waals surface area (Å²) in [6.45, 7) is 2.59. The fourth-order valence-electron chi connectivity index (χ4n) is 2.08. The van der Waals surface area contributed by atoms with Crippen LogP contribution >= 0.6 is 0 Å². The second kappa shape index (κ2) is 9.50. The molecule has 0 bridgehead atoms. The molecular formula is C16H24O4. The summed E-state index contributed by atoms with van der Waals surface area (Å²) in [5, 5.41) is 18.4. The van der Waals surface area contributed by atoms with Gasteiger partial charge in [-0.25, -0.2) is 0 Å². The maximum atomic E-state index is 10.6. The van der Waals surface area contributed by atoms with E-state index in [-0.39, 0.29) is 12.5 Å². The molecule has 4 nitrogen and oxygen atoms in total. The fourth-order valence-corrected chi connectivity index (χ4v) is 2.08. The van der Waals surface area contributed by atoms with Crippen molar-refractivity contribution in [3.8, 4) is 0 Å². The Kier molecular flexibility index (Phi) is 7.92. The average Bonchev–Trinajstić information content (AvgIpc) is 2.42. The molecule has 1 rings (SSSR count). The highest BCUT2D eigenvalue weighted by Crippen LogP contribution is 2.15. The monoisotopic (exact) mass is 280 g/mol. The van der Waals surface area contributed by atoms with E-state index in [1.54, 1.807) is 0 Å². The predicted molar refractivity (Wildman–Crippen MR) is 77.4 cm³/mol. The minimum Gasteiger partial charge on any atom is -0.481 e. The van der Waals surface area contributed by atoms with Gasteiger partial charge in [0.15, 0.2) is 0 Å². The number of carboxylic acids is 1. The zero-order valence-electron chi connectivity index (χ0n) is 12.0. The number of unbranched alkanes of at least 4 members (excludes halogenated alkanes) is 1. The minimum absolute atomic E-state index is 0.0930. The van der Waals surface area contributed by atoms with E-state index >= 15 is 0 Å². The summed E-state index contributed by atoms with van der Waals surface area (Å²) < 4.78 is 5.83. The fraction of sp³-hybridized carbons (Fsp3) is 0.562. The Morgan fingerprint density at radius 3 is 2.60 bits per heavy atom. The number of rotatable bonds is 10. The molecule has 0 unspecified atom stereocenters. The zero-order chi connectivity index (χ0) is 14.8. The van der Waals surface area contributed by atoms with Crippen molar-refractivity contribution < 1.29 is 19.7 Å². The second-order valence-electron chi connectivity index (χ2n) is 5.05. The van der Waals surface area contributed by atoms with Crippen molar-refractivity contribution in [3.63, 3.8) is 0 Å². The van der Waals surface area contributed by atoms with Crippen LogP contribution in [0.5, 0.6) is 0 Å². The van der Waals surface area contributed by atoms with Crippen LogP contribution in [0, 0.1) is 0 Å². The standard InChI is InChI=1S/C16H24O4/c1-2-3-9-15(10-14(17)11-16(18)19)20-12-13-7-5-4-6-8-13/h4-8,14-15,17H,2-3,9-12H2,1H3,(H,18,19)/t14-,15-/m0/s1. The molecule has 2 atom stereocenters. The van der Waals surface area contributed by atoms with Crippen molar-refractivity contribution in [1.29, 1.82) is 0 Å². The van der Waals surface area contributed by atoms with Crippen molar-refractivity contribution >= 4 is 5.97 Å². The first-order valence-corrected chi connectivity index (χ1v) is 7.17. The Morgan fingerprint density at radius 2 is 2.00 bits per heavy atom.